The second-order valence-electron chi connectivity index (χ2n) is 8.09. The first-order chi connectivity index (χ1) is 15.6. The molecule has 32 heavy (non-hydrogen) atoms. The zero-order valence-electron chi connectivity index (χ0n) is 18.3. The number of nitrogens with zero attached hydrogens (tertiary/aromatic N) is 3. The van der Waals surface area contributed by atoms with Gasteiger partial charge in [0, 0.05) is 0 Å². The van der Waals surface area contributed by atoms with Gasteiger partial charge < -0.3 is 14.2 Å². The van der Waals surface area contributed by atoms with Crippen molar-refractivity contribution in [1.82, 2.24) is 14.8 Å². The SMILES string of the molecule is CCC1OCC(C)(C(OC(=O)c2ccccc2)/C(=C/c2ccccc2)n2cncn2)CO1. The topological polar surface area (TPSA) is 75.5 Å². The Morgan fingerprint density at radius 2 is 1.81 bits per heavy atom. The third-order valence-electron chi connectivity index (χ3n) is 5.46. The van der Waals surface area contributed by atoms with E-state index in [1.165, 1.54) is 6.33 Å². The van der Waals surface area contributed by atoms with E-state index in [2.05, 4.69) is 10.1 Å². The van der Waals surface area contributed by atoms with Crippen LogP contribution in [0.4, 0.5) is 0 Å². The van der Waals surface area contributed by atoms with E-state index in [1.54, 1.807) is 23.1 Å². The molecule has 0 radical (unpaired) electrons. The zero-order valence-corrected chi connectivity index (χ0v) is 18.3. The predicted octanol–water partition coefficient (Wildman–Crippen LogP) is 4.29. The molecule has 7 heteroatoms. The van der Waals surface area contributed by atoms with Crippen LogP contribution in [0, 0.1) is 5.41 Å². The highest BCUT2D eigenvalue weighted by atomic mass is 16.7. The largest absolute Gasteiger partial charge is 0.451 e. The van der Waals surface area contributed by atoms with Crippen LogP contribution in [0.1, 0.15) is 36.2 Å². The predicted molar refractivity (Wildman–Crippen MR) is 120 cm³/mol. The summed E-state index contributed by atoms with van der Waals surface area (Å²) in [4.78, 5) is 17.2. The smallest absolute Gasteiger partial charge is 0.338 e. The molecule has 1 unspecified atom stereocenters. The number of benzene rings is 2. The Morgan fingerprint density at radius 1 is 1.16 bits per heavy atom. The highest BCUT2D eigenvalue weighted by Crippen LogP contribution is 2.37. The van der Waals surface area contributed by atoms with Crippen LogP contribution in [0.15, 0.2) is 73.3 Å². The fourth-order valence-corrected chi connectivity index (χ4v) is 3.68. The van der Waals surface area contributed by atoms with Crippen LogP contribution in [0.25, 0.3) is 11.8 Å². The number of aromatic nitrogens is 3. The summed E-state index contributed by atoms with van der Waals surface area (Å²) in [7, 11) is 0. The molecule has 2 aromatic carbocycles. The Hall–Kier alpha value is -3.29. The molecule has 0 bridgehead atoms. The molecule has 0 N–H and O–H groups in total. The fourth-order valence-electron chi connectivity index (χ4n) is 3.68. The summed E-state index contributed by atoms with van der Waals surface area (Å²) in [6, 6.07) is 18.8. The van der Waals surface area contributed by atoms with E-state index in [4.69, 9.17) is 14.2 Å². The Bertz CT molecular complexity index is 1030. The van der Waals surface area contributed by atoms with Gasteiger partial charge in [0.25, 0.3) is 0 Å². The third kappa shape index (κ3) is 4.95. The molecule has 1 aliphatic heterocycles. The number of carbonyl (C=O) groups is 1. The number of esters is 1. The molecule has 2 heterocycles. The summed E-state index contributed by atoms with van der Waals surface area (Å²) >= 11 is 0. The second kappa shape index (κ2) is 9.89. The monoisotopic (exact) mass is 433 g/mol. The van der Waals surface area contributed by atoms with Crippen molar-refractivity contribution in [3.8, 4) is 0 Å². The number of hydrogen-bond donors (Lipinski definition) is 0. The molecule has 1 aromatic heterocycles. The minimum absolute atomic E-state index is 0.263. The van der Waals surface area contributed by atoms with Gasteiger partial charge in [0.15, 0.2) is 12.4 Å². The zero-order chi connectivity index (χ0) is 22.4. The molecule has 0 amide bonds. The highest BCUT2D eigenvalue weighted by Gasteiger charge is 2.45. The fraction of sp³-hybridized carbons (Fsp3) is 0.320. The average molecular weight is 434 g/mol. The van der Waals surface area contributed by atoms with Crippen LogP contribution in [0.2, 0.25) is 0 Å². The van der Waals surface area contributed by atoms with Gasteiger partial charge in [0.05, 0.1) is 29.9 Å². The van der Waals surface area contributed by atoms with E-state index in [9.17, 15) is 4.79 Å². The van der Waals surface area contributed by atoms with Crippen molar-refractivity contribution in [2.45, 2.75) is 32.7 Å². The van der Waals surface area contributed by atoms with Crippen LogP contribution in [-0.4, -0.2) is 46.3 Å². The molecule has 0 spiro atoms. The Balaban J connectivity index is 1.75. The van der Waals surface area contributed by atoms with Gasteiger partial charge in [-0.15, -0.1) is 0 Å². The quantitative estimate of drug-likeness (QED) is 0.518. The summed E-state index contributed by atoms with van der Waals surface area (Å²) in [6.45, 7) is 4.76. The molecular formula is C25H27N3O4. The average Bonchev–Trinajstić information content (AvgIpc) is 3.38. The summed E-state index contributed by atoms with van der Waals surface area (Å²) in [5.41, 5.74) is 1.46. The lowest BCUT2D eigenvalue weighted by atomic mass is 9.82. The van der Waals surface area contributed by atoms with E-state index in [-0.39, 0.29) is 6.29 Å². The van der Waals surface area contributed by atoms with Crippen molar-refractivity contribution in [3.05, 3.63) is 84.4 Å². The van der Waals surface area contributed by atoms with Gasteiger partial charge in [-0.05, 0) is 30.2 Å². The van der Waals surface area contributed by atoms with Crippen molar-refractivity contribution >= 4 is 17.7 Å². The lowest BCUT2D eigenvalue weighted by molar-refractivity contribution is -0.239. The summed E-state index contributed by atoms with van der Waals surface area (Å²) < 4.78 is 19.7. The second-order valence-corrected chi connectivity index (χ2v) is 8.09. The van der Waals surface area contributed by atoms with Crippen LogP contribution in [0.3, 0.4) is 0 Å². The molecule has 7 nitrogen and oxygen atoms in total. The number of hydrogen-bond acceptors (Lipinski definition) is 6. The third-order valence-corrected chi connectivity index (χ3v) is 5.46. The van der Waals surface area contributed by atoms with Gasteiger partial charge in [0.2, 0.25) is 0 Å². The molecule has 1 saturated heterocycles. The molecular weight excluding hydrogens is 406 g/mol. The molecule has 1 atom stereocenters. The van der Waals surface area contributed by atoms with Crippen LogP contribution in [-0.2, 0) is 14.2 Å². The van der Waals surface area contributed by atoms with E-state index in [0.29, 0.717) is 24.5 Å². The first-order valence-electron chi connectivity index (χ1n) is 10.7. The molecule has 0 saturated carbocycles. The standard InChI is InChI=1S/C25H27N3O4/c1-3-22-30-15-25(2,16-31-22)23(32-24(29)20-12-8-5-9-13-20)21(28-18-26-17-27-28)14-19-10-6-4-7-11-19/h4-14,17-18,22-23H,3,15-16H2,1-2H3/b21-14-. The van der Waals surface area contributed by atoms with Crippen LogP contribution >= 0.6 is 0 Å². The van der Waals surface area contributed by atoms with E-state index < -0.39 is 17.5 Å². The maximum atomic E-state index is 13.1. The van der Waals surface area contributed by atoms with Gasteiger partial charge in [-0.3, -0.25) is 0 Å². The van der Waals surface area contributed by atoms with Gasteiger partial charge in [-0.1, -0.05) is 62.4 Å². The summed E-state index contributed by atoms with van der Waals surface area (Å²) in [5, 5.41) is 4.34. The van der Waals surface area contributed by atoms with Crippen LogP contribution in [0.5, 0.6) is 0 Å². The molecule has 1 fully saturated rings. The van der Waals surface area contributed by atoms with E-state index in [1.807, 2.05) is 68.5 Å². The van der Waals surface area contributed by atoms with Crippen molar-refractivity contribution in [2.75, 3.05) is 13.2 Å². The van der Waals surface area contributed by atoms with Gasteiger partial charge in [-0.25, -0.2) is 14.5 Å². The van der Waals surface area contributed by atoms with Crippen molar-refractivity contribution in [3.63, 3.8) is 0 Å². The highest BCUT2D eigenvalue weighted by molar-refractivity contribution is 5.90. The Morgan fingerprint density at radius 3 is 2.41 bits per heavy atom. The van der Waals surface area contributed by atoms with Crippen LogP contribution < -0.4 is 0 Å². The molecule has 166 valence electrons. The number of ether oxygens (including phenoxy) is 3. The first kappa shape index (κ1) is 21.9. The molecule has 3 aromatic rings. The minimum Gasteiger partial charge on any atom is -0.451 e. The minimum atomic E-state index is -0.699. The maximum Gasteiger partial charge on any atom is 0.338 e. The number of carbonyl (C=O) groups excluding carboxylic acids is 1. The lowest BCUT2D eigenvalue weighted by Crippen LogP contribution is -2.50. The molecule has 4 rings (SSSR count). The maximum absolute atomic E-state index is 13.1. The number of rotatable bonds is 7. The van der Waals surface area contributed by atoms with Crippen molar-refractivity contribution in [1.29, 1.82) is 0 Å². The van der Waals surface area contributed by atoms with Crippen molar-refractivity contribution < 1.29 is 19.0 Å². The van der Waals surface area contributed by atoms with E-state index >= 15 is 0 Å². The van der Waals surface area contributed by atoms with E-state index in [0.717, 1.165) is 12.0 Å². The van der Waals surface area contributed by atoms with Crippen molar-refractivity contribution in [2.24, 2.45) is 5.41 Å². The van der Waals surface area contributed by atoms with Gasteiger partial charge >= 0.3 is 5.97 Å². The normalized spacial score (nSPS) is 22.3. The molecule has 1 aliphatic rings. The first-order valence-corrected chi connectivity index (χ1v) is 10.7. The Kier molecular flexibility index (Phi) is 6.78. The summed E-state index contributed by atoms with van der Waals surface area (Å²) in [5.74, 6) is -0.423. The lowest BCUT2D eigenvalue weighted by Gasteiger charge is -2.42. The Labute approximate surface area is 187 Å². The summed E-state index contributed by atoms with van der Waals surface area (Å²) in [6.07, 6.45) is 4.80. The van der Waals surface area contributed by atoms with Gasteiger partial charge in [-0.2, -0.15) is 5.10 Å². The molecule has 0 aliphatic carbocycles. The van der Waals surface area contributed by atoms with Gasteiger partial charge in [0.1, 0.15) is 12.7 Å².